The van der Waals surface area contributed by atoms with Gasteiger partial charge in [-0.2, -0.15) is 0 Å². The number of carbonyl (C=O) groups excluding carboxylic acids is 1. The van der Waals surface area contributed by atoms with E-state index < -0.39 is 0 Å². The summed E-state index contributed by atoms with van der Waals surface area (Å²) < 4.78 is 0. The minimum Gasteiger partial charge on any atom is -0.361 e. The van der Waals surface area contributed by atoms with E-state index in [0.29, 0.717) is 18.4 Å². The molecule has 3 nitrogen and oxygen atoms in total. The fourth-order valence-corrected chi connectivity index (χ4v) is 4.48. The molecule has 2 heterocycles. The van der Waals surface area contributed by atoms with Crippen molar-refractivity contribution in [2.24, 2.45) is 5.92 Å². The first-order chi connectivity index (χ1) is 10.8. The second-order valence-corrected chi connectivity index (χ2v) is 6.88. The fraction of sp³-hybridized carbons (Fsp3) is 0.526. The lowest BCUT2D eigenvalue weighted by atomic mass is 9.95. The van der Waals surface area contributed by atoms with Gasteiger partial charge in [-0.15, -0.1) is 0 Å². The Morgan fingerprint density at radius 2 is 1.95 bits per heavy atom. The molecule has 0 radical (unpaired) electrons. The van der Waals surface area contributed by atoms with Crippen molar-refractivity contribution in [1.82, 2.24) is 9.88 Å². The maximum atomic E-state index is 12.8. The summed E-state index contributed by atoms with van der Waals surface area (Å²) in [7, 11) is 0. The summed E-state index contributed by atoms with van der Waals surface area (Å²) in [5.74, 6) is 1.08. The predicted molar refractivity (Wildman–Crippen MR) is 88.7 cm³/mol. The molecule has 1 N–H and O–H groups in total. The van der Waals surface area contributed by atoms with Crippen molar-refractivity contribution >= 4 is 16.8 Å². The number of fused-ring (bicyclic) bond motifs is 1. The van der Waals surface area contributed by atoms with Crippen LogP contribution in [0.4, 0.5) is 0 Å². The Balaban J connectivity index is 1.51. The third-order valence-electron chi connectivity index (χ3n) is 5.58. The van der Waals surface area contributed by atoms with Gasteiger partial charge in [-0.3, -0.25) is 4.79 Å². The summed E-state index contributed by atoms with van der Waals surface area (Å²) >= 11 is 0. The van der Waals surface area contributed by atoms with Gasteiger partial charge in [0.05, 0.1) is 6.42 Å². The minimum absolute atomic E-state index is 0.319. The second kappa shape index (κ2) is 5.79. The van der Waals surface area contributed by atoms with E-state index in [1.807, 2.05) is 18.3 Å². The van der Waals surface area contributed by atoms with E-state index in [1.54, 1.807) is 0 Å². The summed E-state index contributed by atoms with van der Waals surface area (Å²) in [6.07, 6.45) is 10.3. The van der Waals surface area contributed by atoms with Gasteiger partial charge < -0.3 is 9.88 Å². The number of nitrogens with zero attached hydrogens (tertiary/aromatic N) is 1. The number of hydrogen-bond acceptors (Lipinski definition) is 1. The van der Waals surface area contributed by atoms with E-state index >= 15 is 0 Å². The number of likely N-dealkylation sites (tertiary alicyclic amines) is 1. The molecule has 1 atom stereocenters. The molecule has 2 aromatic rings. The zero-order chi connectivity index (χ0) is 14.9. The van der Waals surface area contributed by atoms with E-state index in [4.69, 9.17) is 0 Å². The van der Waals surface area contributed by atoms with Gasteiger partial charge in [-0.1, -0.05) is 31.0 Å². The number of carbonyl (C=O) groups is 1. The normalized spacial score (nSPS) is 22.7. The zero-order valence-electron chi connectivity index (χ0n) is 13.1. The molecule has 1 aromatic heterocycles. The average molecular weight is 296 g/mol. The summed E-state index contributed by atoms with van der Waals surface area (Å²) in [4.78, 5) is 18.3. The summed E-state index contributed by atoms with van der Waals surface area (Å²) in [6.45, 7) is 0.961. The van der Waals surface area contributed by atoms with Crippen LogP contribution in [0.3, 0.4) is 0 Å². The van der Waals surface area contributed by atoms with Crippen molar-refractivity contribution in [1.29, 1.82) is 0 Å². The fourth-order valence-electron chi connectivity index (χ4n) is 4.48. The number of hydrogen-bond donors (Lipinski definition) is 1. The number of benzene rings is 1. The first kappa shape index (κ1) is 13.9. The molecule has 0 bridgehead atoms. The Morgan fingerprint density at radius 3 is 2.82 bits per heavy atom. The lowest BCUT2D eigenvalue weighted by Gasteiger charge is -2.29. The zero-order valence-corrected chi connectivity index (χ0v) is 13.1. The summed E-state index contributed by atoms with van der Waals surface area (Å²) in [6, 6.07) is 8.76. The van der Waals surface area contributed by atoms with Gasteiger partial charge in [0.15, 0.2) is 0 Å². The van der Waals surface area contributed by atoms with Crippen molar-refractivity contribution in [2.45, 2.75) is 51.0 Å². The Morgan fingerprint density at radius 1 is 1.14 bits per heavy atom. The van der Waals surface area contributed by atoms with Crippen molar-refractivity contribution in [3.05, 3.63) is 36.0 Å². The number of amides is 1. The van der Waals surface area contributed by atoms with E-state index in [-0.39, 0.29) is 0 Å². The number of aromatic amines is 1. The van der Waals surface area contributed by atoms with Crippen LogP contribution in [0.5, 0.6) is 0 Å². The minimum atomic E-state index is 0.319. The molecule has 1 amide bonds. The van der Waals surface area contributed by atoms with Gasteiger partial charge in [-0.25, -0.2) is 0 Å². The van der Waals surface area contributed by atoms with Crippen LogP contribution >= 0.6 is 0 Å². The van der Waals surface area contributed by atoms with Crippen molar-refractivity contribution in [3.8, 4) is 0 Å². The number of aromatic nitrogens is 1. The van der Waals surface area contributed by atoms with Crippen LogP contribution in [-0.4, -0.2) is 28.4 Å². The first-order valence-corrected chi connectivity index (χ1v) is 8.67. The molecule has 2 fully saturated rings. The monoisotopic (exact) mass is 296 g/mol. The van der Waals surface area contributed by atoms with Gasteiger partial charge in [0.2, 0.25) is 5.91 Å². The van der Waals surface area contributed by atoms with Crippen LogP contribution in [0.15, 0.2) is 30.5 Å². The maximum absolute atomic E-state index is 12.8. The SMILES string of the molecule is O=C(Cc1c[nH]c2ccccc12)N1CCC[C@@H]1C1CCCC1. The molecular weight excluding hydrogens is 272 g/mol. The third-order valence-corrected chi connectivity index (χ3v) is 5.58. The molecule has 0 spiro atoms. The Kier molecular flexibility index (Phi) is 3.65. The Bertz CT molecular complexity index is 669. The van der Waals surface area contributed by atoms with Crippen molar-refractivity contribution in [3.63, 3.8) is 0 Å². The molecule has 1 aliphatic carbocycles. The average Bonchev–Trinajstić information content (AvgIpc) is 3.27. The van der Waals surface area contributed by atoms with Gasteiger partial charge >= 0.3 is 0 Å². The number of H-pyrrole nitrogens is 1. The van der Waals surface area contributed by atoms with Gasteiger partial charge in [-0.05, 0) is 43.2 Å². The molecule has 1 saturated carbocycles. The molecular formula is C19H24N2O. The standard InChI is InChI=1S/C19H24N2O/c22-19(12-15-13-20-17-9-4-3-8-16(15)17)21-11-5-10-18(21)14-6-1-2-7-14/h3-4,8-9,13-14,18,20H,1-2,5-7,10-12H2/t18-/m1/s1. The van der Waals surface area contributed by atoms with Crippen LogP contribution in [-0.2, 0) is 11.2 Å². The summed E-state index contributed by atoms with van der Waals surface area (Å²) in [5, 5.41) is 1.19. The molecule has 116 valence electrons. The number of nitrogens with one attached hydrogen (secondary N) is 1. The van der Waals surface area contributed by atoms with Gasteiger partial charge in [0.25, 0.3) is 0 Å². The highest BCUT2D eigenvalue weighted by Crippen LogP contribution is 2.35. The molecule has 0 unspecified atom stereocenters. The molecule has 1 aromatic carbocycles. The maximum Gasteiger partial charge on any atom is 0.227 e. The van der Waals surface area contributed by atoms with Gasteiger partial charge in [0, 0.05) is 29.7 Å². The quantitative estimate of drug-likeness (QED) is 0.916. The molecule has 1 saturated heterocycles. The molecule has 4 rings (SSSR count). The van der Waals surface area contributed by atoms with E-state index in [2.05, 4.69) is 22.0 Å². The van der Waals surface area contributed by atoms with Gasteiger partial charge in [0.1, 0.15) is 0 Å². The molecule has 22 heavy (non-hydrogen) atoms. The van der Waals surface area contributed by atoms with Crippen LogP contribution in [0.25, 0.3) is 10.9 Å². The van der Waals surface area contributed by atoms with Crippen LogP contribution in [0.2, 0.25) is 0 Å². The number of para-hydroxylation sites is 1. The lowest BCUT2D eigenvalue weighted by molar-refractivity contribution is -0.132. The predicted octanol–water partition coefficient (Wildman–Crippen LogP) is 3.89. The van der Waals surface area contributed by atoms with E-state index in [9.17, 15) is 4.79 Å². The molecule has 3 heteroatoms. The number of rotatable bonds is 3. The van der Waals surface area contributed by atoms with Crippen LogP contribution in [0.1, 0.15) is 44.1 Å². The third kappa shape index (κ3) is 2.43. The Hall–Kier alpha value is -1.77. The first-order valence-electron chi connectivity index (χ1n) is 8.67. The van der Waals surface area contributed by atoms with Crippen LogP contribution < -0.4 is 0 Å². The van der Waals surface area contributed by atoms with E-state index in [0.717, 1.165) is 23.5 Å². The highest BCUT2D eigenvalue weighted by molar-refractivity contribution is 5.89. The smallest absolute Gasteiger partial charge is 0.227 e. The largest absolute Gasteiger partial charge is 0.361 e. The van der Waals surface area contributed by atoms with Crippen LogP contribution in [0, 0.1) is 5.92 Å². The summed E-state index contributed by atoms with van der Waals surface area (Å²) in [5.41, 5.74) is 2.26. The molecule has 1 aliphatic heterocycles. The molecule has 2 aliphatic rings. The highest BCUT2D eigenvalue weighted by Gasteiger charge is 2.35. The lowest BCUT2D eigenvalue weighted by Crippen LogP contribution is -2.40. The topological polar surface area (TPSA) is 36.1 Å². The Labute approximate surface area is 131 Å². The second-order valence-electron chi connectivity index (χ2n) is 6.88. The van der Waals surface area contributed by atoms with Crippen molar-refractivity contribution in [2.75, 3.05) is 6.54 Å². The van der Waals surface area contributed by atoms with E-state index in [1.165, 1.54) is 43.9 Å². The van der Waals surface area contributed by atoms with Crippen molar-refractivity contribution < 1.29 is 4.79 Å². The highest BCUT2D eigenvalue weighted by atomic mass is 16.2.